The average molecular weight is 405 g/mol. The Morgan fingerprint density at radius 3 is 1.83 bits per heavy atom. The highest BCUT2D eigenvalue weighted by Gasteiger charge is 2.38. The van der Waals surface area contributed by atoms with E-state index in [1.165, 1.54) is 16.7 Å². The molecule has 24 heavy (non-hydrogen) atoms. The fraction of sp³-hybridized carbons (Fsp3) is 0.429. The standard InChI is InChI=1S/C21H29BrOSi/c1-16(23-24(5,6)21(2,3)4)15-17-7-9-18(10-8-17)19-11-13-20(22)14-12-19/h7-14,16H,15H2,1-6H3. The van der Waals surface area contributed by atoms with Crippen LogP contribution in [0, 0.1) is 0 Å². The summed E-state index contributed by atoms with van der Waals surface area (Å²) in [7, 11) is -1.70. The zero-order chi connectivity index (χ0) is 18.0. The van der Waals surface area contributed by atoms with Crippen molar-refractivity contribution in [3.05, 3.63) is 58.6 Å². The molecule has 0 heterocycles. The van der Waals surface area contributed by atoms with E-state index < -0.39 is 8.32 Å². The molecule has 0 aromatic heterocycles. The molecule has 1 atom stereocenters. The topological polar surface area (TPSA) is 9.23 Å². The number of rotatable bonds is 5. The molecular formula is C21H29BrOSi. The quantitative estimate of drug-likeness (QED) is 0.484. The van der Waals surface area contributed by atoms with Gasteiger partial charge in [-0.25, -0.2) is 0 Å². The molecule has 1 nitrogen and oxygen atoms in total. The molecule has 0 aliphatic rings. The molecule has 0 N–H and O–H groups in total. The molecule has 0 radical (unpaired) electrons. The summed E-state index contributed by atoms with van der Waals surface area (Å²) < 4.78 is 7.58. The summed E-state index contributed by atoms with van der Waals surface area (Å²) in [6.07, 6.45) is 1.22. The van der Waals surface area contributed by atoms with E-state index in [0.29, 0.717) is 0 Å². The van der Waals surface area contributed by atoms with Crippen LogP contribution >= 0.6 is 15.9 Å². The maximum Gasteiger partial charge on any atom is 0.192 e. The van der Waals surface area contributed by atoms with Gasteiger partial charge in [-0.1, -0.05) is 73.1 Å². The van der Waals surface area contributed by atoms with Gasteiger partial charge in [0.2, 0.25) is 0 Å². The van der Waals surface area contributed by atoms with Gasteiger partial charge in [0.1, 0.15) is 0 Å². The fourth-order valence-electron chi connectivity index (χ4n) is 2.53. The highest BCUT2D eigenvalue weighted by Crippen LogP contribution is 2.37. The van der Waals surface area contributed by atoms with Crippen LogP contribution < -0.4 is 0 Å². The van der Waals surface area contributed by atoms with Gasteiger partial charge in [0.05, 0.1) is 0 Å². The highest BCUT2D eigenvalue weighted by molar-refractivity contribution is 9.10. The third kappa shape index (κ3) is 5.04. The van der Waals surface area contributed by atoms with Crippen LogP contribution in [0.15, 0.2) is 53.0 Å². The Morgan fingerprint density at radius 2 is 1.38 bits per heavy atom. The van der Waals surface area contributed by atoms with Crippen molar-refractivity contribution in [2.24, 2.45) is 0 Å². The molecule has 2 aromatic carbocycles. The molecular weight excluding hydrogens is 376 g/mol. The molecule has 1 unspecified atom stereocenters. The summed E-state index contributed by atoms with van der Waals surface area (Å²) in [6, 6.07) is 17.3. The van der Waals surface area contributed by atoms with E-state index in [1.807, 2.05) is 0 Å². The van der Waals surface area contributed by atoms with Crippen molar-refractivity contribution < 1.29 is 4.43 Å². The van der Waals surface area contributed by atoms with E-state index in [9.17, 15) is 0 Å². The summed E-state index contributed by atoms with van der Waals surface area (Å²) in [5, 5.41) is 0.257. The lowest BCUT2D eigenvalue weighted by molar-refractivity contribution is 0.199. The van der Waals surface area contributed by atoms with Crippen molar-refractivity contribution in [2.45, 2.75) is 58.4 Å². The van der Waals surface area contributed by atoms with Gasteiger partial charge in [0.15, 0.2) is 8.32 Å². The summed E-state index contributed by atoms with van der Waals surface area (Å²) in [6.45, 7) is 13.7. The first-order valence-electron chi connectivity index (χ1n) is 8.61. The molecule has 0 fully saturated rings. The van der Waals surface area contributed by atoms with E-state index in [2.05, 4.69) is 105 Å². The molecule has 0 aliphatic carbocycles. The summed E-state index contributed by atoms with van der Waals surface area (Å²) in [5.74, 6) is 0. The normalized spacial score (nSPS) is 13.8. The molecule has 0 spiro atoms. The van der Waals surface area contributed by atoms with Crippen LogP contribution in [0.1, 0.15) is 33.3 Å². The molecule has 2 rings (SSSR count). The minimum Gasteiger partial charge on any atom is -0.414 e. The van der Waals surface area contributed by atoms with Gasteiger partial charge in [-0.2, -0.15) is 0 Å². The first-order chi connectivity index (χ1) is 11.1. The van der Waals surface area contributed by atoms with Crippen LogP contribution in [0.4, 0.5) is 0 Å². The molecule has 0 saturated heterocycles. The highest BCUT2D eigenvalue weighted by atomic mass is 79.9. The van der Waals surface area contributed by atoms with E-state index in [1.54, 1.807) is 0 Å². The molecule has 130 valence electrons. The molecule has 0 aliphatic heterocycles. The van der Waals surface area contributed by atoms with Crippen LogP contribution in [0.25, 0.3) is 11.1 Å². The lowest BCUT2D eigenvalue weighted by Crippen LogP contribution is -2.43. The second kappa shape index (κ2) is 7.55. The SMILES string of the molecule is CC(Cc1ccc(-c2ccc(Br)cc2)cc1)O[Si](C)(C)C(C)(C)C. The first-order valence-corrected chi connectivity index (χ1v) is 12.3. The van der Waals surface area contributed by atoms with Crippen LogP contribution in [0.2, 0.25) is 18.1 Å². The Hall–Kier alpha value is -0.903. The van der Waals surface area contributed by atoms with E-state index in [4.69, 9.17) is 4.43 Å². The van der Waals surface area contributed by atoms with Gasteiger partial charge in [-0.3, -0.25) is 0 Å². The van der Waals surface area contributed by atoms with Gasteiger partial charge < -0.3 is 4.43 Å². The van der Waals surface area contributed by atoms with Crippen molar-refractivity contribution in [3.63, 3.8) is 0 Å². The molecule has 0 bridgehead atoms. The third-order valence-electron chi connectivity index (χ3n) is 4.96. The largest absolute Gasteiger partial charge is 0.414 e. The van der Waals surface area contributed by atoms with Crippen molar-refractivity contribution in [1.29, 1.82) is 0 Å². The third-order valence-corrected chi connectivity index (χ3v) is 10.1. The van der Waals surface area contributed by atoms with Gasteiger partial charge in [0.25, 0.3) is 0 Å². The van der Waals surface area contributed by atoms with Crippen molar-refractivity contribution in [2.75, 3.05) is 0 Å². The molecule has 0 saturated carbocycles. The van der Waals surface area contributed by atoms with Crippen LogP contribution in [0.3, 0.4) is 0 Å². The summed E-state index contributed by atoms with van der Waals surface area (Å²) >= 11 is 3.48. The monoisotopic (exact) mass is 404 g/mol. The Bertz CT molecular complexity index is 654. The van der Waals surface area contributed by atoms with Crippen LogP contribution in [-0.2, 0) is 10.8 Å². The summed E-state index contributed by atoms with van der Waals surface area (Å²) in [5.41, 5.74) is 3.83. The Morgan fingerprint density at radius 1 is 0.917 bits per heavy atom. The summed E-state index contributed by atoms with van der Waals surface area (Å²) in [4.78, 5) is 0. The minimum atomic E-state index is -1.70. The van der Waals surface area contributed by atoms with Crippen LogP contribution in [0.5, 0.6) is 0 Å². The second-order valence-electron chi connectivity index (χ2n) is 8.10. The van der Waals surface area contributed by atoms with E-state index in [-0.39, 0.29) is 11.1 Å². The van der Waals surface area contributed by atoms with Crippen molar-refractivity contribution in [3.8, 4) is 11.1 Å². The Labute approximate surface area is 156 Å². The molecule has 3 heteroatoms. The number of hydrogen-bond acceptors (Lipinski definition) is 1. The predicted octanol–water partition coefficient (Wildman–Crippen LogP) is 7.07. The van der Waals surface area contributed by atoms with Crippen molar-refractivity contribution in [1.82, 2.24) is 0 Å². The Kier molecular flexibility index (Phi) is 6.11. The van der Waals surface area contributed by atoms with Gasteiger partial charge >= 0.3 is 0 Å². The fourth-order valence-corrected chi connectivity index (χ4v) is 4.24. The van der Waals surface area contributed by atoms with Gasteiger partial charge in [0, 0.05) is 10.6 Å². The lowest BCUT2D eigenvalue weighted by Gasteiger charge is -2.38. The van der Waals surface area contributed by atoms with E-state index in [0.717, 1.165) is 10.9 Å². The van der Waals surface area contributed by atoms with Crippen molar-refractivity contribution >= 4 is 24.2 Å². The predicted molar refractivity (Wildman–Crippen MR) is 111 cm³/mol. The zero-order valence-electron chi connectivity index (χ0n) is 15.7. The molecule has 0 amide bonds. The maximum absolute atomic E-state index is 6.47. The first kappa shape index (κ1) is 19.4. The maximum atomic E-state index is 6.47. The zero-order valence-corrected chi connectivity index (χ0v) is 18.3. The number of hydrogen-bond donors (Lipinski definition) is 0. The minimum absolute atomic E-state index is 0.254. The van der Waals surface area contributed by atoms with Gasteiger partial charge in [-0.15, -0.1) is 0 Å². The number of halogens is 1. The Balaban J connectivity index is 2.02. The van der Waals surface area contributed by atoms with Crippen LogP contribution in [-0.4, -0.2) is 14.4 Å². The van der Waals surface area contributed by atoms with E-state index >= 15 is 0 Å². The number of benzene rings is 2. The average Bonchev–Trinajstić information content (AvgIpc) is 2.47. The molecule has 2 aromatic rings. The second-order valence-corrected chi connectivity index (χ2v) is 13.8. The smallest absolute Gasteiger partial charge is 0.192 e. The van der Waals surface area contributed by atoms with Gasteiger partial charge in [-0.05, 0) is 60.3 Å². The lowest BCUT2D eigenvalue weighted by atomic mass is 10.0.